The third kappa shape index (κ3) is 6.19. The van der Waals surface area contributed by atoms with Gasteiger partial charge in [0.1, 0.15) is 6.04 Å². The number of aromatic nitrogens is 2. The van der Waals surface area contributed by atoms with E-state index in [0.29, 0.717) is 16.6 Å². The summed E-state index contributed by atoms with van der Waals surface area (Å²) >= 11 is 0.972. The van der Waals surface area contributed by atoms with Gasteiger partial charge in [-0.05, 0) is 30.1 Å². The minimum atomic E-state index is -5.12. The molecular weight excluding hydrogens is 545 g/mol. The number of para-hydroxylation sites is 1. The first kappa shape index (κ1) is 29.2. The van der Waals surface area contributed by atoms with Crippen LogP contribution in [0.5, 0.6) is 0 Å². The quantitative estimate of drug-likeness (QED) is 0.274. The van der Waals surface area contributed by atoms with Gasteiger partial charge in [-0.1, -0.05) is 18.2 Å². The number of amides is 1. The lowest BCUT2D eigenvalue weighted by Gasteiger charge is -2.27. The maximum absolute atomic E-state index is 13.6. The van der Waals surface area contributed by atoms with Gasteiger partial charge in [0.2, 0.25) is 0 Å². The van der Waals surface area contributed by atoms with Crippen LogP contribution in [0.25, 0.3) is 10.9 Å². The number of carboxylic acid groups (broad SMARTS) is 2. The molecule has 3 heterocycles. The molecule has 0 radical (unpaired) electrons. The number of rotatable bonds is 4. The monoisotopic (exact) mass is 566 g/mol. The zero-order chi connectivity index (χ0) is 29.1. The lowest BCUT2D eigenvalue weighted by Crippen LogP contribution is -2.47. The molecule has 1 aromatic carbocycles. The number of aliphatic carboxylic acids is 2. The van der Waals surface area contributed by atoms with Crippen LogP contribution in [0, 0.1) is 5.92 Å². The smallest absolute Gasteiger partial charge is 0.452 e. The highest BCUT2D eigenvalue weighted by Crippen LogP contribution is 2.41. The number of fused-ring (bicyclic) bond motifs is 1. The van der Waals surface area contributed by atoms with Gasteiger partial charge in [0, 0.05) is 43.2 Å². The molecule has 1 aliphatic rings. The Labute approximate surface area is 222 Å². The summed E-state index contributed by atoms with van der Waals surface area (Å²) in [6.07, 6.45) is -0.979. The van der Waals surface area contributed by atoms with E-state index in [1.165, 1.54) is 38.4 Å². The molecule has 15 heteroatoms. The second-order valence-electron chi connectivity index (χ2n) is 8.33. The van der Waals surface area contributed by atoms with E-state index in [9.17, 15) is 27.6 Å². The number of hydrogen-bond donors (Lipinski definition) is 2. The maximum atomic E-state index is 13.6. The Morgan fingerprint density at radius 2 is 1.67 bits per heavy atom. The van der Waals surface area contributed by atoms with E-state index in [1.807, 2.05) is 0 Å². The van der Waals surface area contributed by atoms with Crippen LogP contribution in [-0.4, -0.2) is 86.3 Å². The molecule has 0 unspecified atom stereocenters. The number of carbonyl (C=O) groups is 5. The van der Waals surface area contributed by atoms with Gasteiger partial charge in [-0.2, -0.15) is 13.2 Å². The number of carboxylic acids is 2. The normalized spacial score (nSPS) is 16.8. The maximum Gasteiger partial charge on any atom is 0.452 e. The summed E-state index contributed by atoms with van der Waals surface area (Å²) in [5, 5.41) is 15.2. The number of hydrogen-bond acceptors (Lipinski definition) is 8. The van der Waals surface area contributed by atoms with E-state index in [-0.39, 0.29) is 11.3 Å². The molecule has 2 aromatic heterocycles. The molecule has 4 rings (SSSR count). The molecule has 1 fully saturated rings. The van der Waals surface area contributed by atoms with Gasteiger partial charge >= 0.3 is 24.1 Å². The van der Waals surface area contributed by atoms with Crippen molar-refractivity contribution in [2.24, 2.45) is 5.92 Å². The molecule has 0 bridgehead atoms. The topological polar surface area (TPSA) is 150 Å². The Morgan fingerprint density at radius 3 is 2.21 bits per heavy atom. The van der Waals surface area contributed by atoms with Gasteiger partial charge in [0.05, 0.1) is 23.3 Å². The zero-order valence-corrected chi connectivity index (χ0v) is 21.1. The van der Waals surface area contributed by atoms with Crippen LogP contribution >= 0.6 is 11.9 Å². The van der Waals surface area contributed by atoms with Crippen molar-refractivity contribution >= 4 is 58.1 Å². The standard InChI is InChI=1S/C22H19F3N4O3S.C2H2O4/c1-27(2)21(32)28-11-15(14-7-3-4-8-17(14)28)19(30)16-12-33-29(13-6-5-9-26-10-13)18(16)20(31)22(23,24)25;3-1(4)2(5)6/h3-11,16,18H,12H2,1-2H3;(H,3,4)(H,5,6)/t16-,18-;/m0./s1. The number of anilines is 1. The Kier molecular flexibility index (Phi) is 8.64. The van der Waals surface area contributed by atoms with Crippen LogP contribution in [0.2, 0.25) is 0 Å². The number of alkyl halides is 3. The van der Waals surface area contributed by atoms with E-state index in [0.717, 1.165) is 11.9 Å². The summed E-state index contributed by atoms with van der Waals surface area (Å²) < 4.78 is 43.0. The first-order valence-electron chi connectivity index (χ1n) is 11.0. The van der Waals surface area contributed by atoms with Crippen molar-refractivity contribution in [3.8, 4) is 0 Å². The predicted octanol–water partition coefficient (Wildman–Crippen LogP) is 3.19. The average Bonchev–Trinajstić information content (AvgIpc) is 3.50. The minimum absolute atomic E-state index is 0.0264. The molecule has 39 heavy (non-hydrogen) atoms. The van der Waals surface area contributed by atoms with Crippen molar-refractivity contribution in [2.45, 2.75) is 12.2 Å². The van der Waals surface area contributed by atoms with Crippen LogP contribution in [0.3, 0.4) is 0 Å². The fourth-order valence-electron chi connectivity index (χ4n) is 3.84. The number of nitrogens with zero attached hydrogens (tertiary/aromatic N) is 4. The van der Waals surface area contributed by atoms with Crippen molar-refractivity contribution in [3.05, 3.63) is 60.6 Å². The molecule has 1 saturated heterocycles. The number of ketones is 2. The largest absolute Gasteiger partial charge is 0.473 e. The number of Topliss-reactive ketones (excluding diaryl/α,β-unsaturated/α-hetero) is 2. The van der Waals surface area contributed by atoms with E-state index in [4.69, 9.17) is 19.8 Å². The molecule has 206 valence electrons. The van der Waals surface area contributed by atoms with Gasteiger partial charge in [0.25, 0.3) is 5.78 Å². The van der Waals surface area contributed by atoms with Crippen molar-refractivity contribution in [1.29, 1.82) is 0 Å². The summed E-state index contributed by atoms with van der Waals surface area (Å²) in [5.41, 5.74) is 0.845. The fraction of sp³-hybridized carbons (Fsp3) is 0.250. The minimum Gasteiger partial charge on any atom is -0.473 e. The first-order valence-corrected chi connectivity index (χ1v) is 11.9. The fourth-order valence-corrected chi connectivity index (χ4v) is 5.16. The van der Waals surface area contributed by atoms with Crippen molar-refractivity contribution in [2.75, 3.05) is 24.2 Å². The van der Waals surface area contributed by atoms with E-state index in [1.54, 1.807) is 44.4 Å². The second kappa shape index (κ2) is 11.6. The van der Waals surface area contributed by atoms with Crippen LogP contribution in [-0.2, 0) is 14.4 Å². The number of halogens is 3. The van der Waals surface area contributed by atoms with E-state index >= 15 is 0 Å². The Morgan fingerprint density at radius 1 is 1.03 bits per heavy atom. The molecule has 11 nitrogen and oxygen atoms in total. The Balaban J connectivity index is 0.000000631. The zero-order valence-electron chi connectivity index (χ0n) is 20.3. The number of benzene rings is 1. The third-order valence-electron chi connectivity index (χ3n) is 5.56. The van der Waals surface area contributed by atoms with Gasteiger partial charge in [-0.15, -0.1) is 0 Å². The van der Waals surface area contributed by atoms with Crippen LogP contribution in [0.1, 0.15) is 10.4 Å². The number of pyridine rings is 1. The summed E-state index contributed by atoms with van der Waals surface area (Å²) in [7, 11) is 3.10. The molecule has 0 aliphatic carbocycles. The molecule has 1 amide bonds. The highest BCUT2D eigenvalue weighted by Gasteiger charge is 2.54. The van der Waals surface area contributed by atoms with Crippen molar-refractivity contribution < 1.29 is 47.4 Å². The Hall–Kier alpha value is -4.40. The van der Waals surface area contributed by atoms with Gasteiger partial charge in [-0.25, -0.2) is 14.4 Å². The van der Waals surface area contributed by atoms with Gasteiger partial charge < -0.3 is 19.4 Å². The third-order valence-corrected chi connectivity index (χ3v) is 6.79. The van der Waals surface area contributed by atoms with E-state index in [2.05, 4.69) is 4.98 Å². The van der Waals surface area contributed by atoms with Gasteiger partial charge in [0.15, 0.2) is 5.78 Å². The summed E-state index contributed by atoms with van der Waals surface area (Å²) in [6, 6.07) is 7.56. The van der Waals surface area contributed by atoms with Crippen LogP contribution in [0.15, 0.2) is 55.0 Å². The summed E-state index contributed by atoms with van der Waals surface area (Å²) in [4.78, 5) is 62.1. The molecular formula is C24H21F3N4O7S. The molecule has 1 aliphatic heterocycles. The molecule has 3 aromatic rings. The van der Waals surface area contributed by atoms with Crippen molar-refractivity contribution in [3.63, 3.8) is 0 Å². The van der Waals surface area contributed by atoms with Crippen molar-refractivity contribution in [1.82, 2.24) is 14.5 Å². The Bertz CT molecular complexity index is 1410. The summed E-state index contributed by atoms with van der Waals surface area (Å²) in [5.74, 6) is -7.56. The van der Waals surface area contributed by atoms with Crippen LogP contribution < -0.4 is 4.31 Å². The SMILES string of the molecule is CN(C)C(=O)n1cc(C(=O)[C@H]2CSN(c3cccnc3)[C@@H]2C(=O)C(F)(F)F)c2ccccc21.O=C(O)C(=O)O. The molecule has 2 atom stereocenters. The predicted molar refractivity (Wildman–Crippen MR) is 134 cm³/mol. The lowest BCUT2D eigenvalue weighted by atomic mass is 9.89. The number of carbonyl (C=O) groups excluding carboxylic acids is 3. The second-order valence-corrected chi connectivity index (χ2v) is 9.31. The highest BCUT2D eigenvalue weighted by molar-refractivity contribution is 8.01. The van der Waals surface area contributed by atoms with Gasteiger partial charge in [-0.3, -0.25) is 19.1 Å². The molecule has 2 N–H and O–H groups in total. The van der Waals surface area contributed by atoms with E-state index < -0.39 is 47.7 Å². The average molecular weight is 567 g/mol. The summed E-state index contributed by atoms with van der Waals surface area (Å²) in [6.45, 7) is 0. The molecule has 0 spiro atoms. The molecule has 0 saturated carbocycles. The van der Waals surface area contributed by atoms with Crippen LogP contribution in [0.4, 0.5) is 23.7 Å². The lowest BCUT2D eigenvalue weighted by molar-refractivity contribution is -0.172. The highest BCUT2D eigenvalue weighted by atomic mass is 32.2. The first-order chi connectivity index (χ1) is 18.3.